The van der Waals surface area contributed by atoms with Gasteiger partial charge in [0.05, 0.1) is 0 Å². The van der Waals surface area contributed by atoms with Gasteiger partial charge in [0.15, 0.2) is 11.9 Å². The summed E-state index contributed by atoms with van der Waals surface area (Å²) in [5, 5.41) is 0. The predicted molar refractivity (Wildman–Crippen MR) is 84.4 cm³/mol. The second kappa shape index (κ2) is 6.32. The van der Waals surface area contributed by atoms with Gasteiger partial charge in [-0.3, -0.25) is 0 Å². The number of anilines is 1. The van der Waals surface area contributed by atoms with E-state index in [1.54, 1.807) is 11.8 Å². The number of aromatic nitrogens is 2. The topological polar surface area (TPSA) is 73.1 Å². The number of nitrogens with one attached hydrogen (secondary N) is 1. The Labute approximate surface area is 128 Å². The van der Waals surface area contributed by atoms with E-state index in [0.29, 0.717) is 11.6 Å². The molecule has 0 radical (unpaired) electrons. The molecule has 5 nitrogen and oxygen atoms in total. The summed E-state index contributed by atoms with van der Waals surface area (Å²) in [5.41, 5.74) is 3.60. The van der Waals surface area contributed by atoms with E-state index in [0.717, 1.165) is 34.9 Å². The maximum Gasteiger partial charge on any atom is 0.172 e. The van der Waals surface area contributed by atoms with Crippen LogP contribution < -0.4 is 16.0 Å². The first kappa shape index (κ1) is 14.2. The number of hydrazine groups is 1. The van der Waals surface area contributed by atoms with Gasteiger partial charge in [-0.15, -0.1) is 11.8 Å². The highest BCUT2D eigenvalue weighted by molar-refractivity contribution is 7.99. The summed E-state index contributed by atoms with van der Waals surface area (Å²) in [6, 6.07) is 9.92. The van der Waals surface area contributed by atoms with Gasteiger partial charge in [-0.2, -0.15) is 0 Å². The van der Waals surface area contributed by atoms with Gasteiger partial charge >= 0.3 is 0 Å². The summed E-state index contributed by atoms with van der Waals surface area (Å²) in [6.07, 6.45) is 1.79. The van der Waals surface area contributed by atoms with E-state index in [4.69, 9.17) is 10.6 Å². The fourth-order valence-corrected chi connectivity index (χ4v) is 3.25. The van der Waals surface area contributed by atoms with Crippen molar-refractivity contribution in [2.75, 3.05) is 11.2 Å². The van der Waals surface area contributed by atoms with Crippen LogP contribution in [0.3, 0.4) is 0 Å². The molecule has 1 aromatic heterocycles. The lowest BCUT2D eigenvalue weighted by molar-refractivity contribution is 0.210. The van der Waals surface area contributed by atoms with E-state index >= 15 is 0 Å². The van der Waals surface area contributed by atoms with Gasteiger partial charge < -0.3 is 10.2 Å². The van der Waals surface area contributed by atoms with Crippen molar-refractivity contribution >= 4 is 17.6 Å². The van der Waals surface area contributed by atoms with Crippen molar-refractivity contribution in [3.8, 4) is 5.75 Å². The molecule has 0 aliphatic carbocycles. The lowest BCUT2D eigenvalue weighted by atomic mass is 10.2. The lowest BCUT2D eigenvalue weighted by Gasteiger charge is -2.25. The number of thioether (sulfide) groups is 1. The smallest absolute Gasteiger partial charge is 0.172 e. The number of ether oxygens (including phenoxy) is 1. The highest BCUT2D eigenvalue weighted by Gasteiger charge is 2.24. The van der Waals surface area contributed by atoms with Crippen LogP contribution in [-0.4, -0.2) is 15.7 Å². The fourth-order valence-electron chi connectivity index (χ4n) is 2.27. The minimum Gasteiger partial charge on any atom is -0.480 e. The van der Waals surface area contributed by atoms with Crippen LogP contribution in [0.25, 0.3) is 0 Å². The number of hydrogen-bond donors (Lipinski definition) is 2. The number of para-hydroxylation sites is 1. The molecule has 0 saturated heterocycles. The van der Waals surface area contributed by atoms with Crippen molar-refractivity contribution in [1.29, 1.82) is 0 Å². The quantitative estimate of drug-likeness (QED) is 0.668. The highest BCUT2D eigenvalue weighted by Crippen LogP contribution is 2.39. The number of nitrogens with zero attached hydrogens (tertiary/aromatic N) is 2. The molecule has 21 heavy (non-hydrogen) atoms. The molecule has 2 aromatic rings. The van der Waals surface area contributed by atoms with E-state index in [2.05, 4.69) is 28.4 Å². The van der Waals surface area contributed by atoms with Gasteiger partial charge in [0, 0.05) is 22.4 Å². The molecule has 1 aromatic carbocycles. The molecule has 1 aliphatic rings. The molecule has 0 saturated carbocycles. The number of aryl methyl sites for hydroxylation is 1. The summed E-state index contributed by atoms with van der Waals surface area (Å²) in [5.74, 6) is 8.53. The third-order valence-corrected chi connectivity index (χ3v) is 4.36. The van der Waals surface area contributed by atoms with Crippen LogP contribution in [0, 0.1) is 0 Å². The number of nitrogen functional groups attached to an aromatic ring is 1. The Morgan fingerprint density at radius 1 is 1.38 bits per heavy atom. The molecule has 3 N–H and O–H groups in total. The Morgan fingerprint density at radius 3 is 3.05 bits per heavy atom. The molecule has 0 fully saturated rings. The molecule has 2 heterocycles. The minimum absolute atomic E-state index is 0.145. The van der Waals surface area contributed by atoms with Crippen LogP contribution in [0.5, 0.6) is 5.75 Å². The van der Waals surface area contributed by atoms with Gasteiger partial charge in [-0.1, -0.05) is 25.5 Å². The first-order valence-electron chi connectivity index (χ1n) is 7.03. The van der Waals surface area contributed by atoms with Crippen LogP contribution in [0.1, 0.15) is 31.0 Å². The third-order valence-electron chi connectivity index (χ3n) is 3.25. The minimum atomic E-state index is -0.145. The van der Waals surface area contributed by atoms with Crippen molar-refractivity contribution in [2.45, 2.75) is 30.8 Å². The van der Waals surface area contributed by atoms with Gasteiger partial charge in [-0.25, -0.2) is 15.8 Å². The Balaban J connectivity index is 1.89. The van der Waals surface area contributed by atoms with E-state index in [1.807, 2.05) is 24.3 Å². The van der Waals surface area contributed by atoms with Crippen molar-refractivity contribution in [2.24, 2.45) is 5.84 Å². The summed E-state index contributed by atoms with van der Waals surface area (Å²) < 4.78 is 6.04. The average molecular weight is 302 g/mol. The van der Waals surface area contributed by atoms with Crippen molar-refractivity contribution in [1.82, 2.24) is 9.97 Å². The standard InChI is InChI=1S/C15H18N4OS/c1-2-5-10-8-14(19-16)18-15(17-10)12-9-21-13-7-4-3-6-11(13)20-12/h3-4,6-8,12H,2,5,9,16H2,1H3,(H,17,18,19). The van der Waals surface area contributed by atoms with Crippen LogP contribution in [0.15, 0.2) is 35.2 Å². The monoisotopic (exact) mass is 302 g/mol. The first-order valence-corrected chi connectivity index (χ1v) is 8.01. The SMILES string of the molecule is CCCc1cc(NN)nc(C2CSc3ccccc3O2)n1. The second-order valence-electron chi connectivity index (χ2n) is 4.86. The Hall–Kier alpha value is -1.79. The third kappa shape index (κ3) is 3.11. The molecule has 0 spiro atoms. The molecule has 6 heteroatoms. The first-order chi connectivity index (χ1) is 10.3. The maximum absolute atomic E-state index is 6.04. The highest BCUT2D eigenvalue weighted by atomic mass is 32.2. The summed E-state index contributed by atoms with van der Waals surface area (Å²) >= 11 is 1.77. The number of benzene rings is 1. The van der Waals surface area contributed by atoms with E-state index in [1.165, 1.54) is 0 Å². The van der Waals surface area contributed by atoms with Crippen molar-refractivity contribution in [3.63, 3.8) is 0 Å². The molecular formula is C15H18N4OS. The molecule has 1 atom stereocenters. The average Bonchev–Trinajstić information content (AvgIpc) is 2.54. The Bertz CT molecular complexity index is 635. The predicted octanol–water partition coefficient (Wildman–Crippen LogP) is 2.94. The number of rotatable bonds is 4. The summed E-state index contributed by atoms with van der Waals surface area (Å²) in [6.45, 7) is 2.13. The Morgan fingerprint density at radius 2 is 2.24 bits per heavy atom. The summed E-state index contributed by atoms with van der Waals surface area (Å²) in [4.78, 5) is 10.2. The zero-order valence-electron chi connectivity index (χ0n) is 11.9. The van der Waals surface area contributed by atoms with Crippen LogP contribution in [0.2, 0.25) is 0 Å². The molecule has 1 unspecified atom stereocenters. The molecule has 110 valence electrons. The molecular weight excluding hydrogens is 284 g/mol. The van der Waals surface area contributed by atoms with E-state index < -0.39 is 0 Å². The van der Waals surface area contributed by atoms with Crippen LogP contribution in [-0.2, 0) is 6.42 Å². The van der Waals surface area contributed by atoms with Gasteiger partial charge in [0.25, 0.3) is 0 Å². The van der Waals surface area contributed by atoms with E-state index in [-0.39, 0.29) is 6.10 Å². The fraction of sp³-hybridized carbons (Fsp3) is 0.333. The zero-order chi connectivity index (χ0) is 14.7. The van der Waals surface area contributed by atoms with Gasteiger partial charge in [-0.05, 0) is 18.6 Å². The zero-order valence-corrected chi connectivity index (χ0v) is 12.7. The number of hydrogen-bond acceptors (Lipinski definition) is 6. The van der Waals surface area contributed by atoms with Crippen LogP contribution >= 0.6 is 11.8 Å². The number of fused-ring (bicyclic) bond motifs is 1. The van der Waals surface area contributed by atoms with Crippen molar-refractivity contribution in [3.05, 3.63) is 41.9 Å². The summed E-state index contributed by atoms with van der Waals surface area (Å²) in [7, 11) is 0. The molecule has 3 rings (SSSR count). The van der Waals surface area contributed by atoms with Crippen molar-refractivity contribution < 1.29 is 4.74 Å². The normalized spacial score (nSPS) is 17.0. The molecule has 0 amide bonds. The van der Waals surface area contributed by atoms with Crippen LogP contribution in [0.4, 0.5) is 5.82 Å². The molecule has 0 bridgehead atoms. The maximum atomic E-state index is 6.04. The van der Waals surface area contributed by atoms with Gasteiger partial charge in [0.2, 0.25) is 0 Å². The Kier molecular flexibility index (Phi) is 4.26. The second-order valence-corrected chi connectivity index (χ2v) is 5.92. The number of nitrogens with two attached hydrogens (primary N) is 1. The lowest BCUT2D eigenvalue weighted by Crippen LogP contribution is -2.20. The largest absolute Gasteiger partial charge is 0.480 e. The van der Waals surface area contributed by atoms with Gasteiger partial charge in [0.1, 0.15) is 11.6 Å². The molecule has 1 aliphatic heterocycles. The van der Waals surface area contributed by atoms with E-state index in [9.17, 15) is 0 Å².